The van der Waals surface area contributed by atoms with Crippen molar-refractivity contribution in [3.8, 4) is 11.8 Å². The Balaban J connectivity index is 0.000000187. The van der Waals surface area contributed by atoms with Crippen LogP contribution in [0, 0.1) is 11.3 Å². The molecule has 18 heteroatoms. The van der Waals surface area contributed by atoms with E-state index in [2.05, 4.69) is 20.6 Å². The fourth-order valence-electron chi connectivity index (χ4n) is 5.82. The van der Waals surface area contributed by atoms with Crippen molar-refractivity contribution in [2.45, 2.75) is 16.2 Å². The summed E-state index contributed by atoms with van der Waals surface area (Å²) in [5.41, 5.74) is 15.1. The van der Waals surface area contributed by atoms with Crippen LogP contribution in [0.5, 0.6) is 5.75 Å². The lowest BCUT2D eigenvalue weighted by atomic mass is 10.1. The minimum Gasteiger partial charge on any atom is -0.493 e. The zero-order chi connectivity index (χ0) is 39.8. The van der Waals surface area contributed by atoms with E-state index >= 15 is 0 Å². The number of fused-ring (bicyclic) bond motifs is 3. The van der Waals surface area contributed by atoms with Gasteiger partial charge in [0.15, 0.2) is 19.7 Å². The van der Waals surface area contributed by atoms with Crippen molar-refractivity contribution in [1.29, 1.82) is 5.26 Å². The van der Waals surface area contributed by atoms with Gasteiger partial charge in [-0.3, -0.25) is 19.6 Å². The largest absolute Gasteiger partial charge is 0.493 e. The van der Waals surface area contributed by atoms with Gasteiger partial charge in [0.1, 0.15) is 5.75 Å². The second-order valence-electron chi connectivity index (χ2n) is 12.3. The van der Waals surface area contributed by atoms with Crippen LogP contribution in [0.25, 0.3) is 21.8 Å². The van der Waals surface area contributed by atoms with E-state index in [1.165, 1.54) is 36.7 Å². The monoisotopic (exact) mass is 817 g/mol. The third-order valence-electron chi connectivity index (χ3n) is 8.45. The summed E-state index contributed by atoms with van der Waals surface area (Å²) in [4.78, 5) is 32.3. The first kappa shape index (κ1) is 38.7. The van der Waals surface area contributed by atoms with Crippen LogP contribution in [0.4, 0.5) is 22.7 Å². The van der Waals surface area contributed by atoms with Crippen LogP contribution in [-0.2, 0) is 26.1 Å². The number of sulfone groups is 2. The van der Waals surface area contributed by atoms with Gasteiger partial charge in [-0.2, -0.15) is 5.26 Å². The highest BCUT2D eigenvalue weighted by molar-refractivity contribution is 7.91. The maximum absolute atomic E-state index is 12.1. The molecule has 0 radical (unpaired) electrons. The third-order valence-corrected chi connectivity index (χ3v) is 11.2. The van der Waals surface area contributed by atoms with Crippen molar-refractivity contribution in [2.75, 3.05) is 29.8 Å². The second kappa shape index (κ2) is 15.0. The van der Waals surface area contributed by atoms with Crippen molar-refractivity contribution in [3.63, 3.8) is 0 Å². The molecule has 280 valence electrons. The van der Waals surface area contributed by atoms with Crippen LogP contribution >= 0.6 is 23.2 Å². The number of benzene rings is 4. The van der Waals surface area contributed by atoms with Crippen molar-refractivity contribution >= 4 is 99.2 Å². The molecule has 1 aliphatic heterocycles. The zero-order valence-corrected chi connectivity index (χ0v) is 32.0. The average molecular weight is 819 g/mol. The molecule has 2 amide bonds. The molecule has 55 heavy (non-hydrogen) atoms. The van der Waals surface area contributed by atoms with E-state index in [9.17, 15) is 26.4 Å². The predicted octanol–water partition coefficient (Wildman–Crippen LogP) is 6.07. The summed E-state index contributed by atoms with van der Waals surface area (Å²) >= 11 is 12.5. The van der Waals surface area contributed by atoms with E-state index in [4.69, 9.17) is 44.7 Å². The maximum Gasteiger partial charge on any atom is 0.252 e. The summed E-state index contributed by atoms with van der Waals surface area (Å²) < 4.78 is 53.7. The average Bonchev–Trinajstić information content (AvgIpc) is 3.61. The second-order valence-corrected chi connectivity index (χ2v) is 17.1. The number of halogens is 2. The Hall–Kier alpha value is -5.99. The van der Waals surface area contributed by atoms with E-state index in [0.29, 0.717) is 51.8 Å². The van der Waals surface area contributed by atoms with Gasteiger partial charge in [-0.15, -0.1) is 0 Å². The molecule has 6 N–H and O–H groups in total. The van der Waals surface area contributed by atoms with Crippen molar-refractivity contribution < 1.29 is 31.2 Å². The van der Waals surface area contributed by atoms with Crippen molar-refractivity contribution in [1.82, 2.24) is 9.97 Å². The Morgan fingerprint density at radius 1 is 0.782 bits per heavy atom. The quantitative estimate of drug-likeness (QED) is 0.137. The fraction of sp³-hybridized carbons (Fsp3) is 0.108. The molecule has 0 spiro atoms. The van der Waals surface area contributed by atoms with Crippen molar-refractivity contribution in [3.05, 3.63) is 111 Å². The Morgan fingerprint density at radius 3 is 1.82 bits per heavy atom. The lowest BCUT2D eigenvalue weighted by molar-refractivity contribution is 0.0992. The summed E-state index contributed by atoms with van der Waals surface area (Å²) in [7, 11) is -7.07. The molecule has 0 bridgehead atoms. The Labute approximate surface area is 324 Å². The normalized spacial score (nSPS) is 12.2. The molecule has 6 aromatic rings. The Morgan fingerprint density at radius 2 is 1.31 bits per heavy atom. The van der Waals surface area contributed by atoms with Gasteiger partial charge in [0, 0.05) is 59.0 Å². The molecule has 7 rings (SSSR count). The van der Waals surface area contributed by atoms with E-state index in [-0.39, 0.29) is 36.7 Å². The summed E-state index contributed by atoms with van der Waals surface area (Å²) in [5.74, 6) is -0.676. The lowest BCUT2D eigenvalue weighted by Gasteiger charge is -2.16. The Kier molecular flexibility index (Phi) is 10.6. The van der Waals surface area contributed by atoms with Crippen LogP contribution in [0.1, 0.15) is 31.8 Å². The number of anilines is 4. The molecule has 0 unspecified atom stereocenters. The number of aromatic nitrogens is 2. The first-order chi connectivity index (χ1) is 26.0. The highest BCUT2D eigenvalue weighted by Crippen LogP contribution is 2.39. The number of pyridine rings is 2. The number of primary amides is 2. The molecule has 0 fully saturated rings. The molecule has 4 aromatic carbocycles. The van der Waals surface area contributed by atoms with Crippen LogP contribution in [-0.4, -0.2) is 57.7 Å². The number of carbonyl (C=O) groups excluding carboxylic acids is 2. The van der Waals surface area contributed by atoms with Gasteiger partial charge in [-0.05, 0) is 54.6 Å². The lowest BCUT2D eigenvalue weighted by Crippen LogP contribution is -2.14. The highest BCUT2D eigenvalue weighted by atomic mass is 35.5. The molecule has 0 aliphatic carbocycles. The predicted molar refractivity (Wildman–Crippen MR) is 210 cm³/mol. The van der Waals surface area contributed by atoms with Gasteiger partial charge in [0.2, 0.25) is 0 Å². The van der Waals surface area contributed by atoms with E-state index in [1.54, 1.807) is 24.3 Å². The molecule has 1 aliphatic rings. The van der Waals surface area contributed by atoms with Gasteiger partial charge < -0.3 is 26.8 Å². The molecule has 2 aromatic heterocycles. The van der Waals surface area contributed by atoms with Crippen molar-refractivity contribution in [2.24, 2.45) is 11.5 Å². The van der Waals surface area contributed by atoms with Gasteiger partial charge in [0.25, 0.3) is 11.8 Å². The van der Waals surface area contributed by atoms with Gasteiger partial charge in [-0.1, -0.05) is 35.3 Å². The summed E-state index contributed by atoms with van der Waals surface area (Å²) in [5, 5.41) is 16.3. The van der Waals surface area contributed by atoms with E-state index in [0.717, 1.165) is 29.5 Å². The highest BCUT2D eigenvalue weighted by Gasteiger charge is 2.22. The molecule has 0 saturated heterocycles. The topological polar surface area (TPSA) is 237 Å². The van der Waals surface area contributed by atoms with Crippen LogP contribution in [0.3, 0.4) is 0 Å². The van der Waals surface area contributed by atoms with E-state index < -0.39 is 31.5 Å². The summed E-state index contributed by atoms with van der Waals surface area (Å²) in [6.45, 7) is 0.567. The molecule has 14 nitrogen and oxygen atoms in total. The van der Waals surface area contributed by atoms with E-state index in [1.807, 2.05) is 24.3 Å². The zero-order valence-electron chi connectivity index (χ0n) is 28.8. The maximum atomic E-state index is 12.1. The number of amides is 2. The number of rotatable bonds is 8. The molecular weight excluding hydrogens is 789 g/mol. The summed E-state index contributed by atoms with van der Waals surface area (Å²) in [6, 6.07) is 19.6. The van der Waals surface area contributed by atoms with Crippen LogP contribution < -0.4 is 26.8 Å². The number of ether oxygens (including phenoxy) is 1. The SMILES string of the molecule is CS(=O)(=O)c1cc(Cl)c2ncc(C(N)=O)c(Nc3cccc(C#N)c3)c2c1.CS(=O)(=O)c1cc(Cl)c2ncc(C(N)=O)c(Nc3cccc4c3CCO4)c2c1. The first-order valence-corrected chi connectivity index (χ1v) is 20.5. The third kappa shape index (κ3) is 8.10. The van der Waals surface area contributed by atoms with Gasteiger partial charge in [-0.25, -0.2) is 16.8 Å². The standard InChI is InChI=1S/C19H16ClN3O4S.C18H13ClN4O3S/c1-28(25,26)10-7-12-17(13(19(21)24)9-22-18(12)14(20)8-10)23-15-3-2-4-16-11(15)5-6-27-16;1-27(25,26)12-6-13-16(23-11-4-2-3-10(5-11)8-20)14(18(21)24)9-22-17(13)15(19)7-12/h2-4,7-9H,5-6H2,1H3,(H2,21,24)(H,22,23);2-7,9H,1H3,(H2,21,24)(H,22,23). The number of nitrogens with one attached hydrogen (secondary N) is 2. The molecular formula is C37H29Cl2N7O7S2. The number of carbonyl (C=O) groups is 2. The van der Waals surface area contributed by atoms with Crippen LogP contribution in [0.15, 0.2) is 88.9 Å². The number of hydrogen-bond donors (Lipinski definition) is 4. The number of hydrogen-bond acceptors (Lipinski definition) is 12. The molecule has 0 atom stereocenters. The number of nitrogens with zero attached hydrogens (tertiary/aromatic N) is 3. The summed E-state index contributed by atoms with van der Waals surface area (Å²) in [6.07, 6.45) is 5.46. The number of nitriles is 1. The molecule has 0 saturated carbocycles. The van der Waals surface area contributed by atoms with Crippen LogP contribution in [0.2, 0.25) is 10.0 Å². The van der Waals surface area contributed by atoms with Gasteiger partial charge >= 0.3 is 0 Å². The first-order valence-electron chi connectivity index (χ1n) is 16.0. The number of nitrogens with two attached hydrogens (primary N) is 2. The fourth-order valence-corrected chi connectivity index (χ4v) is 7.82. The Bertz CT molecular complexity index is 2860. The minimum absolute atomic E-state index is 0.0164. The smallest absolute Gasteiger partial charge is 0.252 e. The minimum atomic E-state index is -3.55. The van der Waals surface area contributed by atoms with Gasteiger partial charge in [0.05, 0.1) is 71.6 Å². The molecule has 3 heterocycles.